The van der Waals surface area contributed by atoms with Crippen LogP contribution in [0.15, 0.2) is 54.4 Å². The minimum absolute atomic E-state index is 0.0545. The molecule has 0 unspecified atom stereocenters. The number of piperidine rings is 1. The Morgan fingerprint density at radius 3 is 2.51 bits per heavy atom. The second kappa shape index (κ2) is 10.6. The summed E-state index contributed by atoms with van der Waals surface area (Å²) in [5.74, 6) is 1.93. The maximum absolute atomic E-state index is 12.4. The molecule has 6 rings (SSSR count). The number of likely N-dealkylation sites (tertiary alicyclic amines) is 1. The summed E-state index contributed by atoms with van der Waals surface area (Å²) in [4.78, 5) is 30.9. The van der Waals surface area contributed by atoms with Crippen molar-refractivity contribution in [2.24, 2.45) is 0 Å². The number of anilines is 3. The molecular formula is C31H37N7O3. The molecule has 2 aromatic heterocycles. The van der Waals surface area contributed by atoms with Gasteiger partial charge in [0.1, 0.15) is 17.2 Å². The van der Waals surface area contributed by atoms with Gasteiger partial charge in [-0.3, -0.25) is 4.79 Å². The van der Waals surface area contributed by atoms with Crippen LogP contribution < -0.4 is 16.0 Å². The Balaban J connectivity index is 1.17. The van der Waals surface area contributed by atoms with Crippen LogP contribution in [0, 0.1) is 0 Å². The van der Waals surface area contributed by atoms with E-state index in [4.69, 9.17) is 9.72 Å². The molecule has 3 fully saturated rings. The zero-order valence-corrected chi connectivity index (χ0v) is 23.9. The number of nitrogens with zero attached hydrogens (tertiary/aromatic N) is 4. The molecule has 1 saturated carbocycles. The minimum Gasteiger partial charge on any atom is -0.444 e. The van der Waals surface area contributed by atoms with Crippen molar-refractivity contribution in [1.82, 2.24) is 24.8 Å². The molecule has 0 bridgehead atoms. The molecule has 3 N–H and O–H groups in total. The molecule has 4 heterocycles. The smallest absolute Gasteiger partial charge is 0.410 e. The Morgan fingerprint density at radius 1 is 1.15 bits per heavy atom. The molecule has 3 aliphatic rings. The summed E-state index contributed by atoms with van der Waals surface area (Å²) in [6.07, 6.45) is 7.87. The molecule has 3 aromatic rings. The maximum Gasteiger partial charge on any atom is 0.410 e. The Morgan fingerprint density at radius 2 is 1.88 bits per heavy atom. The van der Waals surface area contributed by atoms with Gasteiger partial charge in [0.25, 0.3) is 0 Å². The number of hydrogen-bond acceptors (Lipinski definition) is 7. The first-order valence-corrected chi connectivity index (χ1v) is 14.3. The number of carbonyl (C=O) groups is 2. The molecule has 0 atom stereocenters. The number of aromatic nitrogens is 3. The minimum atomic E-state index is -0.481. The van der Waals surface area contributed by atoms with Crippen molar-refractivity contribution in [1.29, 1.82) is 0 Å². The highest BCUT2D eigenvalue weighted by molar-refractivity contribution is 5.89. The first-order valence-electron chi connectivity index (χ1n) is 14.3. The maximum atomic E-state index is 12.4. The van der Waals surface area contributed by atoms with Crippen LogP contribution in [0.5, 0.6) is 0 Å². The van der Waals surface area contributed by atoms with Crippen molar-refractivity contribution in [3.63, 3.8) is 0 Å². The summed E-state index contributed by atoms with van der Waals surface area (Å²) in [6.45, 7) is 11.0. The lowest BCUT2D eigenvalue weighted by Gasteiger charge is -2.33. The summed E-state index contributed by atoms with van der Waals surface area (Å²) in [7, 11) is 0. The fraction of sp³-hybridized carbons (Fsp3) is 0.419. The van der Waals surface area contributed by atoms with E-state index >= 15 is 0 Å². The van der Waals surface area contributed by atoms with Crippen LogP contribution in [0.4, 0.5) is 22.1 Å². The molecule has 1 aromatic carbocycles. The molecule has 2 amide bonds. The second-order valence-corrected chi connectivity index (χ2v) is 12.1. The van der Waals surface area contributed by atoms with Gasteiger partial charge in [0.15, 0.2) is 5.65 Å². The lowest BCUT2D eigenvalue weighted by Crippen LogP contribution is -2.41. The van der Waals surface area contributed by atoms with Crippen LogP contribution >= 0.6 is 0 Å². The highest BCUT2D eigenvalue weighted by Crippen LogP contribution is 2.32. The van der Waals surface area contributed by atoms with Gasteiger partial charge in [-0.25, -0.2) is 9.78 Å². The van der Waals surface area contributed by atoms with Crippen molar-refractivity contribution >= 4 is 41.0 Å². The summed E-state index contributed by atoms with van der Waals surface area (Å²) in [5, 5.41) is 14.4. The van der Waals surface area contributed by atoms with Crippen molar-refractivity contribution in [3.05, 3.63) is 65.5 Å². The number of hydrogen-bond donors (Lipinski definition) is 3. The summed E-state index contributed by atoms with van der Waals surface area (Å²) < 4.78 is 7.35. The first-order chi connectivity index (χ1) is 19.6. The topological polar surface area (TPSA) is 113 Å². The monoisotopic (exact) mass is 555 g/mol. The normalized spacial score (nSPS) is 19.1. The molecular weight excluding hydrogens is 518 g/mol. The molecule has 214 valence electrons. The number of carbonyl (C=O) groups excluding carboxylic acids is 2. The third kappa shape index (κ3) is 6.21. The largest absolute Gasteiger partial charge is 0.444 e. The predicted octanol–water partition coefficient (Wildman–Crippen LogP) is 5.58. The van der Waals surface area contributed by atoms with Gasteiger partial charge in [-0.15, -0.1) is 0 Å². The Labute approximate surface area is 239 Å². The molecule has 10 nitrogen and oxygen atoms in total. The molecule has 1 aliphatic carbocycles. The molecule has 10 heteroatoms. The van der Waals surface area contributed by atoms with Gasteiger partial charge in [0, 0.05) is 42.1 Å². The van der Waals surface area contributed by atoms with E-state index < -0.39 is 5.60 Å². The number of amides is 2. The molecule has 41 heavy (non-hydrogen) atoms. The number of fused-ring (bicyclic) bond motifs is 1. The van der Waals surface area contributed by atoms with E-state index in [1.165, 1.54) is 5.56 Å². The highest BCUT2D eigenvalue weighted by Gasteiger charge is 2.28. The fourth-order valence-corrected chi connectivity index (χ4v) is 5.29. The average molecular weight is 556 g/mol. The van der Waals surface area contributed by atoms with E-state index in [0.29, 0.717) is 48.6 Å². The number of benzene rings is 1. The average Bonchev–Trinajstić information content (AvgIpc) is 3.56. The second-order valence-electron chi connectivity index (χ2n) is 12.1. The van der Waals surface area contributed by atoms with E-state index in [2.05, 4.69) is 51.9 Å². The summed E-state index contributed by atoms with van der Waals surface area (Å²) in [5.41, 5.74) is 4.71. The van der Waals surface area contributed by atoms with Crippen LogP contribution in [0.25, 0.3) is 11.7 Å². The van der Waals surface area contributed by atoms with Crippen LogP contribution in [-0.4, -0.2) is 56.2 Å². The van der Waals surface area contributed by atoms with Crippen LogP contribution in [0.2, 0.25) is 0 Å². The zero-order chi connectivity index (χ0) is 28.7. The molecule has 2 aliphatic heterocycles. The van der Waals surface area contributed by atoms with E-state index in [0.717, 1.165) is 48.3 Å². The zero-order valence-electron chi connectivity index (χ0n) is 23.9. The van der Waals surface area contributed by atoms with E-state index in [9.17, 15) is 9.59 Å². The third-order valence-corrected chi connectivity index (χ3v) is 7.59. The third-order valence-electron chi connectivity index (χ3n) is 7.59. The number of allylic oxidation sites excluding steroid dienone is 1. The van der Waals surface area contributed by atoms with Gasteiger partial charge in [0.2, 0.25) is 5.91 Å². The molecule has 0 spiro atoms. The molecule has 0 radical (unpaired) electrons. The Kier molecular flexibility index (Phi) is 6.93. The van der Waals surface area contributed by atoms with Crippen LogP contribution in [-0.2, 0) is 9.53 Å². The van der Waals surface area contributed by atoms with Gasteiger partial charge < -0.3 is 25.6 Å². The lowest BCUT2D eigenvalue weighted by molar-refractivity contribution is -0.118. The lowest BCUT2D eigenvalue weighted by atomic mass is 9.89. The van der Waals surface area contributed by atoms with Crippen molar-refractivity contribution in [3.8, 4) is 0 Å². The number of rotatable bonds is 6. The van der Waals surface area contributed by atoms with Crippen molar-refractivity contribution in [2.75, 3.05) is 23.7 Å². The predicted molar refractivity (Wildman–Crippen MR) is 159 cm³/mol. The van der Waals surface area contributed by atoms with Gasteiger partial charge >= 0.3 is 6.09 Å². The van der Waals surface area contributed by atoms with E-state index in [-0.39, 0.29) is 12.0 Å². The van der Waals surface area contributed by atoms with E-state index in [1.54, 1.807) is 6.20 Å². The quantitative estimate of drug-likeness (QED) is 0.364. The SMILES string of the molecule is C=C1NC(=O)C/C1=C\c1cnn2c(NC3CC3)cc(Nc3ccc(C4CCN(C(=O)OC(C)(C)C)CC4)cc3)nc12. The first kappa shape index (κ1) is 26.9. The Hall–Kier alpha value is -4.34. The Bertz CT molecular complexity index is 1520. The summed E-state index contributed by atoms with van der Waals surface area (Å²) >= 11 is 0. The van der Waals surface area contributed by atoms with Gasteiger partial charge in [0.05, 0.1) is 12.6 Å². The number of ether oxygens (including phenoxy) is 1. The fourth-order valence-electron chi connectivity index (χ4n) is 5.29. The van der Waals surface area contributed by atoms with Gasteiger partial charge in [-0.2, -0.15) is 9.61 Å². The summed E-state index contributed by atoms with van der Waals surface area (Å²) in [6, 6.07) is 10.9. The van der Waals surface area contributed by atoms with E-state index in [1.807, 2.05) is 42.3 Å². The van der Waals surface area contributed by atoms with Gasteiger partial charge in [-0.05, 0) is 81.7 Å². The number of nitrogens with one attached hydrogen (secondary N) is 3. The molecule has 2 saturated heterocycles. The van der Waals surface area contributed by atoms with Gasteiger partial charge in [-0.1, -0.05) is 18.7 Å². The van der Waals surface area contributed by atoms with Crippen molar-refractivity contribution in [2.45, 2.75) is 70.4 Å². The highest BCUT2D eigenvalue weighted by atomic mass is 16.6. The standard InChI is InChI=1S/C31H37N7O3/c1-19-22(16-28(39)33-19)15-23-18-32-38-27(35-25-9-10-25)17-26(36-29(23)38)34-24-7-5-20(6-8-24)21-11-13-37(14-12-21)30(40)41-31(2,3)4/h5-8,15,17-18,21,25,35H,1,9-14,16H2,2-4H3,(H,33,39)(H,34,36)/b22-15+. The van der Waals surface area contributed by atoms with Crippen molar-refractivity contribution < 1.29 is 14.3 Å². The van der Waals surface area contributed by atoms with Crippen LogP contribution in [0.1, 0.15) is 69.9 Å². The van der Waals surface area contributed by atoms with Crippen LogP contribution in [0.3, 0.4) is 0 Å².